The zero-order valence-electron chi connectivity index (χ0n) is 14.2. The second-order valence-corrected chi connectivity index (χ2v) is 9.17. The van der Waals surface area contributed by atoms with Gasteiger partial charge >= 0.3 is 8.80 Å². The summed E-state index contributed by atoms with van der Waals surface area (Å²) in [5.74, 6) is 0. The Morgan fingerprint density at radius 1 is 1.09 bits per heavy atom. The van der Waals surface area contributed by atoms with Crippen molar-refractivity contribution in [3.05, 3.63) is 0 Å². The van der Waals surface area contributed by atoms with E-state index >= 15 is 0 Å². The van der Waals surface area contributed by atoms with E-state index in [9.17, 15) is 0 Å². The smallest absolute Gasteiger partial charge is 0.500 e. The highest BCUT2D eigenvalue weighted by Gasteiger charge is 2.37. The molecule has 0 N–H and O–H groups in total. The summed E-state index contributed by atoms with van der Waals surface area (Å²) in [6, 6.07) is 1.67. The predicted octanol–water partition coefficient (Wildman–Crippen LogP) is -1.05. The van der Waals surface area contributed by atoms with Gasteiger partial charge in [-0.3, -0.25) is 9.48 Å². The van der Waals surface area contributed by atoms with Gasteiger partial charge in [-0.2, -0.15) is 0 Å². The first-order chi connectivity index (χ1) is 10.2. The molecule has 22 heavy (non-hydrogen) atoms. The molecular formula is C15H31ClN2O3Si. The lowest BCUT2D eigenvalue weighted by Gasteiger charge is -2.24. The first kappa shape index (κ1) is 19.9. The molecular weight excluding hydrogens is 320 g/mol. The van der Waals surface area contributed by atoms with Gasteiger partial charge in [0, 0.05) is 27.4 Å². The van der Waals surface area contributed by atoms with E-state index in [2.05, 4.69) is 15.8 Å². The topological polar surface area (TPSA) is 33.9 Å². The molecule has 1 aliphatic heterocycles. The number of rotatable bonds is 8. The molecule has 0 amide bonds. The maximum absolute atomic E-state index is 5.47. The molecule has 1 fully saturated rings. The monoisotopic (exact) mass is 350 g/mol. The molecule has 7 heteroatoms. The summed E-state index contributed by atoms with van der Waals surface area (Å²) in [6.07, 6.45) is 10.4. The fourth-order valence-corrected chi connectivity index (χ4v) is 5.19. The summed E-state index contributed by atoms with van der Waals surface area (Å²) in [7, 11) is 2.67. The largest absolute Gasteiger partial charge is 1.00 e. The van der Waals surface area contributed by atoms with Crippen LogP contribution in [-0.4, -0.2) is 71.6 Å². The summed E-state index contributed by atoms with van der Waals surface area (Å²) in [4.78, 5) is 2.44. The van der Waals surface area contributed by atoms with Crippen LogP contribution < -0.4 is 12.4 Å². The molecule has 0 radical (unpaired) electrons. The summed E-state index contributed by atoms with van der Waals surface area (Å²) in [5.41, 5.74) is 0. The number of nitrogens with zero attached hydrogens (tertiary/aromatic N) is 2. The molecule has 2 aliphatic rings. The first-order valence-electron chi connectivity index (χ1n) is 8.23. The minimum Gasteiger partial charge on any atom is -1.00 e. The van der Waals surface area contributed by atoms with Crippen molar-refractivity contribution in [3.63, 3.8) is 0 Å². The predicted molar refractivity (Wildman–Crippen MR) is 85.8 cm³/mol. The van der Waals surface area contributed by atoms with E-state index < -0.39 is 8.80 Å². The first-order valence-corrected chi connectivity index (χ1v) is 10.2. The Labute approximate surface area is 142 Å². The van der Waals surface area contributed by atoms with Gasteiger partial charge in [-0.1, -0.05) is 6.42 Å². The van der Waals surface area contributed by atoms with E-state index in [1.807, 2.05) is 0 Å². The van der Waals surface area contributed by atoms with Crippen LogP contribution in [0, 0.1) is 0 Å². The van der Waals surface area contributed by atoms with Crippen LogP contribution in [0.2, 0.25) is 6.04 Å². The van der Waals surface area contributed by atoms with E-state index in [0.717, 1.165) is 31.6 Å². The van der Waals surface area contributed by atoms with E-state index in [-0.39, 0.29) is 12.4 Å². The third-order valence-electron chi connectivity index (χ3n) is 4.86. The van der Waals surface area contributed by atoms with Crippen LogP contribution in [0.4, 0.5) is 0 Å². The highest BCUT2D eigenvalue weighted by atomic mass is 35.5. The van der Waals surface area contributed by atoms with Crippen LogP contribution in [0.3, 0.4) is 0 Å². The average molecular weight is 351 g/mol. The highest BCUT2D eigenvalue weighted by Crippen LogP contribution is 2.21. The van der Waals surface area contributed by atoms with Crippen LogP contribution in [0.5, 0.6) is 0 Å². The van der Waals surface area contributed by atoms with E-state index in [4.69, 9.17) is 13.3 Å². The van der Waals surface area contributed by atoms with E-state index in [1.165, 1.54) is 38.6 Å². The summed E-state index contributed by atoms with van der Waals surface area (Å²) in [5, 5.41) is 0. The lowest BCUT2D eigenvalue weighted by molar-refractivity contribution is -0.557. The van der Waals surface area contributed by atoms with Crippen molar-refractivity contribution in [1.29, 1.82) is 0 Å². The van der Waals surface area contributed by atoms with Gasteiger partial charge < -0.3 is 25.7 Å². The lowest BCUT2D eigenvalue weighted by Crippen LogP contribution is -3.00. The van der Waals surface area contributed by atoms with Gasteiger partial charge in [0.1, 0.15) is 13.1 Å². The number of hydrogen-bond donors (Lipinski definition) is 0. The van der Waals surface area contributed by atoms with Crippen molar-refractivity contribution in [1.82, 2.24) is 4.90 Å². The van der Waals surface area contributed by atoms with Gasteiger partial charge in [0.05, 0.1) is 12.6 Å². The summed E-state index contributed by atoms with van der Waals surface area (Å²) < 4.78 is 19.0. The molecule has 0 aromatic carbocycles. The summed E-state index contributed by atoms with van der Waals surface area (Å²) >= 11 is 0. The molecule has 0 unspecified atom stereocenters. The molecule has 1 saturated carbocycles. The second-order valence-electron chi connectivity index (χ2n) is 6.08. The molecule has 1 aliphatic carbocycles. The molecule has 0 atom stereocenters. The Kier molecular flexibility index (Phi) is 8.93. The SMILES string of the molecule is CO[Si](CCCN1C=[N+](C2CCCCC2)CC1)(OC)OC.[Cl-]. The van der Waals surface area contributed by atoms with Crippen LogP contribution >= 0.6 is 0 Å². The van der Waals surface area contributed by atoms with Gasteiger partial charge in [-0.25, -0.2) is 0 Å². The summed E-state index contributed by atoms with van der Waals surface area (Å²) in [6.45, 7) is 3.40. The Balaban J connectivity index is 0.00000242. The molecule has 0 spiro atoms. The van der Waals surface area contributed by atoms with Crippen molar-refractivity contribution < 1.29 is 30.3 Å². The number of hydrogen-bond acceptors (Lipinski definition) is 4. The fraction of sp³-hybridized carbons (Fsp3) is 0.933. The minimum absolute atomic E-state index is 0. The van der Waals surface area contributed by atoms with E-state index in [1.54, 1.807) is 21.3 Å². The van der Waals surface area contributed by atoms with Crippen molar-refractivity contribution in [2.45, 2.75) is 50.6 Å². The van der Waals surface area contributed by atoms with Crippen LogP contribution in [-0.2, 0) is 13.3 Å². The molecule has 0 aromatic heterocycles. The number of halogens is 1. The zero-order valence-corrected chi connectivity index (χ0v) is 16.0. The normalized spacial score (nSPS) is 20.0. The maximum atomic E-state index is 5.47. The van der Waals surface area contributed by atoms with Gasteiger partial charge in [0.25, 0.3) is 0 Å². The quantitative estimate of drug-likeness (QED) is 0.413. The molecule has 0 aromatic rings. The average Bonchev–Trinajstić information content (AvgIpc) is 3.02. The standard InChI is InChI=1S/C15H31N2O3Si.ClH/c1-18-21(19-2,20-3)13-7-10-16-11-12-17(14-16)15-8-5-4-6-9-15;/h14-15H,4-13H2,1-3H3;1H/q+1;/p-1. The third-order valence-corrected chi connectivity index (χ3v) is 7.69. The lowest BCUT2D eigenvalue weighted by atomic mass is 9.95. The van der Waals surface area contributed by atoms with Crippen molar-refractivity contribution in [3.8, 4) is 0 Å². The Bertz CT molecular complexity index is 339. The maximum Gasteiger partial charge on any atom is 0.500 e. The second kappa shape index (κ2) is 9.88. The van der Waals surface area contributed by atoms with E-state index in [0.29, 0.717) is 0 Å². The molecule has 0 bridgehead atoms. The fourth-order valence-electron chi connectivity index (χ4n) is 3.48. The van der Waals surface area contributed by atoms with Crippen molar-refractivity contribution >= 4 is 15.1 Å². The van der Waals surface area contributed by atoms with Crippen LogP contribution in [0.15, 0.2) is 0 Å². The van der Waals surface area contributed by atoms with Gasteiger partial charge in [0.15, 0.2) is 0 Å². The molecule has 0 saturated heterocycles. The van der Waals surface area contributed by atoms with Gasteiger partial charge in [0.2, 0.25) is 6.34 Å². The molecule has 2 rings (SSSR count). The molecule has 130 valence electrons. The molecule has 1 heterocycles. The Hall–Kier alpha value is -0.143. The highest BCUT2D eigenvalue weighted by molar-refractivity contribution is 6.60. The minimum atomic E-state index is -2.39. The van der Waals surface area contributed by atoms with Crippen molar-refractivity contribution in [2.24, 2.45) is 0 Å². The Morgan fingerprint density at radius 2 is 1.73 bits per heavy atom. The molecule has 5 nitrogen and oxygen atoms in total. The van der Waals surface area contributed by atoms with Gasteiger partial charge in [-0.05, 0) is 32.1 Å². The van der Waals surface area contributed by atoms with Crippen molar-refractivity contribution in [2.75, 3.05) is 41.0 Å². The Morgan fingerprint density at radius 3 is 2.32 bits per heavy atom. The zero-order chi connectivity index (χ0) is 15.1. The van der Waals surface area contributed by atoms with Crippen LogP contribution in [0.25, 0.3) is 0 Å². The third kappa shape index (κ3) is 5.20. The van der Waals surface area contributed by atoms with Crippen LogP contribution in [0.1, 0.15) is 38.5 Å². The van der Waals surface area contributed by atoms with Gasteiger partial charge in [-0.15, -0.1) is 0 Å².